The second-order valence-corrected chi connectivity index (χ2v) is 5.55. The summed E-state index contributed by atoms with van der Waals surface area (Å²) in [4.78, 5) is 10.9. The molecule has 94 valence electrons. The summed E-state index contributed by atoms with van der Waals surface area (Å²) in [7, 11) is 1.38. The molecule has 0 heterocycles. The van der Waals surface area contributed by atoms with Crippen LogP contribution in [-0.2, 0) is 16.0 Å². The Kier molecular flexibility index (Phi) is 5.98. The van der Waals surface area contributed by atoms with E-state index in [4.69, 9.17) is 0 Å². The average Bonchev–Trinajstić information content (AvgIpc) is 2.35. The lowest BCUT2D eigenvalue weighted by Gasteiger charge is -2.13. The molecule has 1 unspecified atom stereocenters. The molecule has 0 saturated carbocycles. The minimum atomic E-state index is -0.333. The Morgan fingerprint density at radius 1 is 1.53 bits per heavy atom. The molecule has 0 aliphatic carbocycles. The summed E-state index contributed by atoms with van der Waals surface area (Å²) < 4.78 is 5.70. The maximum atomic E-state index is 11.2. The van der Waals surface area contributed by atoms with Gasteiger partial charge in [0.05, 0.1) is 7.11 Å². The van der Waals surface area contributed by atoms with Crippen LogP contribution in [0.25, 0.3) is 0 Å². The first-order valence-electron chi connectivity index (χ1n) is 5.32. The van der Waals surface area contributed by atoms with Crippen LogP contribution in [0, 0.1) is 0 Å². The van der Waals surface area contributed by atoms with Gasteiger partial charge in [-0.25, -0.2) is 0 Å². The van der Waals surface area contributed by atoms with Gasteiger partial charge in [-0.3, -0.25) is 4.79 Å². The van der Waals surface area contributed by atoms with Crippen molar-refractivity contribution in [2.75, 3.05) is 19.0 Å². The smallest absolute Gasteiger partial charge is 0.321 e. The molecule has 0 aromatic heterocycles. The summed E-state index contributed by atoms with van der Waals surface area (Å²) in [6, 6.07) is 6.05. The molecule has 1 rings (SSSR count). The highest BCUT2D eigenvalue weighted by Gasteiger charge is 2.15. The van der Waals surface area contributed by atoms with Gasteiger partial charge in [-0.1, -0.05) is 38.8 Å². The van der Waals surface area contributed by atoms with Gasteiger partial charge in [0.25, 0.3) is 0 Å². The number of anilines is 1. The zero-order chi connectivity index (χ0) is 12.8. The molecule has 1 aromatic carbocycles. The van der Waals surface area contributed by atoms with Gasteiger partial charge in [-0.05, 0) is 30.2 Å². The van der Waals surface area contributed by atoms with Crippen molar-refractivity contribution in [3.8, 4) is 0 Å². The molecule has 3 nitrogen and oxygen atoms in total. The highest BCUT2D eigenvalue weighted by Crippen LogP contribution is 2.21. The first-order valence-corrected chi connectivity index (χ1v) is 7.03. The second-order valence-electron chi connectivity index (χ2n) is 3.53. The predicted octanol–water partition coefficient (Wildman–Crippen LogP) is 3.36. The number of nitrogens with one attached hydrogen (secondary N) is 1. The number of methoxy groups -OCH3 is 1. The third-order valence-corrected chi connectivity index (χ3v) is 3.57. The number of ether oxygens (including phenoxy) is 1. The first-order chi connectivity index (χ1) is 8.08. The standard InChI is InChI=1S/C12H15Br2NO2/c1-3-8-6-9(13)4-5-11(8)15-7-10(14)12(16)17-2/h4-6,10,15H,3,7H2,1-2H3. The van der Waals surface area contributed by atoms with E-state index in [-0.39, 0.29) is 10.8 Å². The highest BCUT2D eigenvalue weighted by atomic mass is 79.9. The van der Waals surface area contributed by atoms with Crippen LogP contribution in [0.2, 0.25) is 0 Å². The van der Waals surface area contributed by atoms with E-state index in [0.29, 0.717) is 6.54 Å². The van der Waals surface area contributed by atoms with Crippen molar-refractivity contribution >= 4 is 43.5 Å². The molecule has 5 heteroatoms. The van der Waals surface area contributed by atoms with Crippen LogP contribution in [0.5, 0.6) is 0 Å². The summed E-state index contributed by atoms with van der Waals surface area (Å²) in [5.41, 5.74) is 2.26. The van der Waals surface area contributed by atoms with Gasteiger partial charge >= 0.3 is 5.97 Å². The van der Waals surface area contributed by atoms with Crippen LogP contribution < -0.4 is 5.32 Å². The number of rotatable bonds is 5. The second kappa shape index (κ2) is 7.01. The van der Waals surface area contributed by atoms with Crippen LogP contribution in [0.3, 0.4) is 0 Å². The maximum Gasteiger partial charge on any atom is 0.321 e. The Bertz CT molecular complexity index is 396. The van der Waals surface area contributed by atoms with Gasteiger partial charge in [0.1, 0.15) is 4.83 Å². The molecular formula is C12H15Br2NO2. The maximum absolute atomic E-state index is 11.2. The lowest BCUT2D eigenvalue weighted by Crippen LogP contribution is -2.24. The summed E-state index contributed by atoms with van der Waals surface area (Å²) in [6.45, 7) is 2.60. The fourth-order valence-corrected chi connectivity index (χ4v) is 2.20. The Balaban J connectivity index is 2.66. The van der Waals surface area contributed by atoms with Crippen molar-refractivity contribution < 1.29 is 9.53 Å². The van der Waals surface area contributed by atoms with Gasteiger partial charge in [0.15, 0.2) is 0 Å². The van der Waals surface area contributed by atoms with E-state index in [2.05, 4.69) is 54.9 Å². The quantitative estimate of drug-likeness (QED) is 0.643. The molecule has 0 saturated heterocycles. The molecule has 0 radical (unpaired) electrons. The topological polar surface area (TPSA) is 38.3 Å². The molecule has 1 aromatic rings. The average molecular weight is 365 g/mol. The van der Waals surface area contributed by atoms with Crippen molar-refractivity contribution in [2.24, 2.45) is 0 Å². The monoisotopic (exact) mass is 363 g/mol. The third kappa shape index (κ3) is 4.32. The largest absolute Gasteiger partial charge is 0.468 e. The van der Waals surface area contributed by atoms with Gasteiger partial charge in [-0.2, -0.15) is 0 Å². The number of esters is 1. The van der Waals surface area contributed by atoms with Crippen LogP contribution in [0.15, 0.2) is 22.7 Å². The van der Waals surface area contributed by atoms with E-state index in [9.17, 15) is 4.79 Å². The number of halogens is 2. The van der Waals surface area contributed by atoms with Gasteiger partial charge < -0.3 is 10.1 Å². The summed E-state index contributed by atoms with van der Waals surface area (Å²) in [5.74, 6) is -0.271. The zero-order valence-electron chi connectivity index (χ0n) is 9.80. The predicted molar refractivity (Wildman–Crippen MR) is 76.7 cm³/mol. The lowest BCUT2D eigenvalue weighted by atomic mass is 10.1. The summed E-state index contributed by atoms with van der Waals surface area (Å²) in [6.07, 6.45) is 0.937. The summed E-state index contributed by atoms with van der Waals surface area (Å²) >= 11 is 6.72. The van der Waals surface area contributed by atoms with E-state index >= 15 is 0 Å². The number of carbonyl (C=O) groups excluding carboxylic acids is 1. The molecule has 0 aliphatic heterocycles. The number of benzene rings is 1. The van der Waals surface area contributed by atoms with E-state index in [0.717, 1.165) is 16.6 Å². The third-order valence-electron chi connectivity index (χ3n) is 2.38. The Morgan fingerprint density at radius 3 is 2.82 bits per heavy atom. The molecule has 0 bridgehead atoms. The van der Waals surface area contributed by atoms with Crippen molar-refractivity contribution in [1.82, 2.24) is 0 Å². The molecular weight excluding hydrogens is 350 g/mol. The molecule has 0 aliphatic rings. The Hall–Kier alpha value is -0.550. The van der Waals surface area contributed by atoms with Crippen LogP contribution in [0.4, 0.5) is 5.69 Å². The van der Waals surface area contributed by atoms with Crippen LogP contribution in [-0.4, -0.2) is 24.5 Å². The molecule has 17 heavy (non-hydrogen) atoms. The fraction of sp³-hybridized carbons (Fsp3) is 0.417. The van der Waals surface area contributed by atoms with E-state index in [1.54, 1.807) is 0 Å². The normalized spacial score (nSPS) is 12.0. The van der Waals surface area contributed by atoms with E-state index < -0.39 is 0 Å². The minimum absolute atomic E-state index is 0.271. The first kappa shape index (κ1) is 14.5. The SMILES string of the molecule is CCc1cc(Br)ccc1NCC(Br)C(=O)OC. The number of carbonyl (C=O) groups is 1. The molecule has 0 amide bonds. The molecule has 1 N–H and O–H groups in total. The minimum Gasteiger partial charge on any atom is -0.468 e. The van der Waals surface area contributed by atoms with Crippen molar-refractivity contribution in [3.63, 3.8) is 0 Å². The Labute approximate surface area is 118 Å². The van der Waals surface area contributed by atoms with Crippen molar-refractivity contribution in [1.29, 1.82) is 0 Å². The van der Waals surface area contributed by atoms with Gasteiger partial charge in [-0.15, -0.1) is 0 Å². The fourth-order valence-electron chi connectivity index (χ4n) is 1.44. The van der Waals surface area contributed by atoms with E-state index in [1.165, 1.54) is 12.7 Å². The van der Waals surface area contributed by atoms with Crippen LogP contribution in [0.1, 0.15) is 12.5 Å². The highest BCUT2D eigenvalue weighted by molar-refractivity contribution is 9.10. The Morgan fingerprint density at radius 2 is 2.24 bits per heavy atom. The zero-order valence-corrected chi connectivity index (χ0v) is 13.0. The van der Waals surface area contributed by atoms with Crippen LogP contribution >= 0.6 is 31.9 Å². The molecule has 1 atom stereocenters. The van der Waals surface area contributed by atoms with E-state index in [1.807, 2.05) is 12.1 Å². The number of hydrogen-bond acceptors (Lipinski definition) is 3. The number of aryl methyl sites for hydroxylation is 1. The van der Waals surface area contributed by atoms with Gasteiger partial charge in [0, 0.05) is 16.7 Å². The number of alkyl halides is 1. The van der Waals surface area contributed by atoms with Crippen molar-refractivity contribution in [3.05, 3.63) is 28.2 Å². The summed E-state index contributed by atoms with van der Waals surface area (Å²) in [5, 5.41) is 3.24. The van der Waals surface area contributed by atoms with Crippen molar-refractivity contribution in [2.45, 2.75) is 18.2 Å². The lowest BCUT2D eigenvalue weighted by molar-refractivity contribution is -0.139. The number of hydrogen-bond donors (Lipinski definition) is 1. The molecule has 0 spiro atoms. The van der Waals surface area contributed by atoms with Gasteiger partial charge in [0.2, 0.25) is 0 Å². The molecule has 0 fully saturated rings.